The maximum atomic E-state index is 12.6. The number of hydrogen-bond acceptors (Lipinski definition) is 4. The van der Waals surface area contributed by atoms with Crippen LogP contribution in [0.2, 0.25) is 5.02 Å². The normalized spacial score (nSPS) is 12.3. The summed E-state index contributed by atoms with van der Waals surface area (Å²) in [7, 11) is 0. The molecule has 29 heavy (non-hydrogen) atoms. The molecule has 4 aromatic rings. The minimum Gasteiger partial charge on any atom is -0.438 e. The first-order chi connectivity index (χ1) is 13.9. The number of halogens is 1. The summed E-state index contributed by atoms with van der Waals surface area (Å²) in [6.07, 6.45) is 0. The number of fused-ring (bicyclic) bond motifs is 1. The molecule has 0 bridgehead atoms. The molecule has 0 aliphatic heterocycles. The summed E-state index contributed by atoms with van der Waals surface area (Å²) in [5.74, 6) is 0.304. The highest BCUT2D eigenvalue weighted by Gasteiger charge is 2.17. The van der Waals surface area contributed by atoms with E-state index >= 15 is 0 Å². The van der Waals surface area contributed by atoms with Crippen molar-refractivity contribution in [2.24, 2.45) is 0 Å². The van der Waals surface area contributed by atoms with E-state index in [1.54, 1.807) is 12.1 Å². The lowest BCUT2D eigenvalue weighted by atomic mass is 10.1. The zero-order chi connectivity index (χ0) is 20.5. The van der Waals surface area contributed by atoms with Crippen LogP contribution in [0.4, 0.5) is 0 Å². The highest BCUT2D eigenvalue weighted by atomic mass is 35.5. The van der Waals surface area contributed by atoms with Crippen LogP contribution in [0.1, 0.15) is 46.2 Å². The van der Waals surface area contributed by atoms with E-state index < -0.39 is 0 Å². The van der Waals surface area contributed by atoms with Crippen LogP contribution in [0.5, 0.6) is 0 Å². The van der Waals surface area contributed by atoms with Crippen molar-refractivity contribution in [1.29, 1.82) is 0 Å². The van der Waals surface area contributed by atoms with Crippen LogP contribution in [0.25, 0.3) is 11.1 Å². The Bertz CT molecular complexity index is 1140. The minimum absolute atomic E-state index is 0.180. The molecule has 6 nitrogen and oxygen atoms in total. The molecule has 0 spiro atoms. The molecule has 0 aliphatic rings. The van der Waals surface area contributed by atoms with Crippen LogP contribution < -0.4 is 5.32 Å². The number of carbonyl (C=O) groups excluding carboxylic acids is 1. The summed E-state index contributed by atoms with van der Waals surface area (Å²) < 4.78 is 7.59. The first-order valence-corrected chi connectivity index (χ1v) is 9.75. The van der Waals surface area contributed by atoms with Crippen molar-refractivity contribution in [2.45, 2.75) is 33.4 Å². The third-order valence-corrected chi connectivity index (χ3v) is 5.42. The molecule has 0 fully saturated rings. The largest absolute Gasteiger partial charge is 0.438 e. The number of amides is 1. The molecule has 0 aliphatic carbocycles. The van der Waals surface area contributed by atoms with Crippen molar-refractivity contribution >= 4 is 28.6 Å². The predicted molar refractivity (Wildman–Crippen MR) is 112 cm³/mol. The Morgan fingerprint density at radius 2 is 1.90 bits per heavy atom. The van der Waals surface area contributed by atoms with E-state index in [-0.39, 0.29) is 11.9 Å². The molecule has 0 saturated heterocycles. The molecule has 1 atom stereocenters. The molecule has 4 rings (SSSR count). The number of nitrogens with one attached hydrogen (secondary N) is 1. The van der Waals surface area contributed by atoms with Crippen LogP contribution in [-0.2, 0) is 6.54 Å². The molecule has 1 unspecified atom stereocenters. The summed E-state index contributed by atoms with van der Waals surface area (Å²) in [4.78, 5) is 17.0. The molecular formula is C22H21ClN4O2. The highest BCUT2D eigenvalue weighted by Crippen LogP contribution is 2.21. The van der Waals surface area contributed by atoms with Crippen molar-refractivity contribution in [1.82, 2.24) is 20.1 Å². The number of benzene rings is 2. The fourth-order valence-corrected chi connectivity index (χ4v) is 3.32. The van der Waals surface area contributed by atoms with E-state index in [4.69, 9.17) is 16.0 Å². The summed E-state index contributed by atoms with van der Waals surface area (Å²) >= 11 is 6.21. The molecule has 2 aromatic heterocycles. The van der Waals surface area contributed by atoms with Gasteiger partial charge in [-0.05, 0) is 50.6 Å². The standard InChI is InChI=1S/C22H21ClN4O2/c1-13-20(23)15(3)27(26-13)12-16-8-10-17(11-9-16)21(28)24-14(2)22-25-18-6-4-5-7-19(18)29-22/h4-11,14H,12H2,1-3H3,(H,24,28). The third-order valence-electron chi connectivity index (χ3n) is 4.87. The predicted octanol–water partition coefficient (Wildman–Crippen LogP) is 4.83. The third kappa shape index (κ3) is 3.89. The molecule has 0 radical (unpaired) electrons. The fraction of sp³-hybridized carbons (Fsp3) is 0.227. The van der Waals surface area contributed by atoms with Gasteiger partial charge in [-0.25, -0.2) is 4.98 Å². The lowest BCUT2D eigenvalue weighted by Crippen LogP contribution is -2.26. The second-order valence-electron chi connectivity index (χ2n) is 7.05. The number of aromatic nitrogens is 3. The zero-order valence-corrected chi connectivity index (χ0v) is 17.2. The van der Waals surface area contributed by atoms with Gasteiger partial charge in [0.2, 0.25) is 5.89 Å². The number of carbonyl (C=O) groups is 1. The summed E-state index contributed by atoms with van der Waals surface area (Å²) in [6, 6.07) is 14.6. The van der Waals surface area contributed by atoms with Crippen LogP contribution in [-0.4, -0.2) is 20.7 Å². The van der Waals surface area contributed by atoms with Gasteiger partial charge in [0.05, 0.1) is 23.0 Å². The Balaban J connectivity index is 1.44. The molecule has 0 saturated carbocycles. The van der Waals surface area contributed by atoms with Gasteiger partial charge in [0.25, 0.3) is 5.91 Å². The number of hydrogen-bond donors (Lipinski definition) is 1. The van der Waals surface area contributed by atoms with Gasteiger partial charge in [-0.15, -0.1) is 0 Å². The molecular weight excluding hydrogens is 388 g/mol. The van der Waals surface area contributed by atoms with Crippen LogP contribution in [0, 0.1) is 13.8 Å². The van der Waals surface area contributed by atoms with E-state index in [0.29, 0.717) is 28.6 Å². The maximum Gasteiger partial charge on any atom is 0.251 e. The van der Waals surface area contributed by atoms with Crippen molar-refractivity contribution in [2.75, 3.05) is 0 Å². The summed E-state index contributed by atoms with van der Waals surface area (Å²) in [5.41, 5.74) is 4.83. The van der Waals surface area contributed by atoms with Gasteiger partial charge in [0.1, 0.15) is 11.6 Å². The molecule has 2 heterocycles. The van der Waals surface area contributed by atoms with Crippen LogP contribution >= 0.6 is 11.6 Å². The monoisotopic (exact) mass is 408 g/mol. The lowest BCUT2D eigenvalue weighted by Gasteiger charge is -2.11. The molecule has 7 heteroatoms. The second-order valence-corrected chi connectivity index (χ2v) is 7.43. The van der Waals surface area contributed by atoms with Gasteiger partial charge in [0, 0.05) is 5.56 Å². The number of para-hydroxylation sites is 2. The highest BCUT2D eigenvalue weighted by molar-refractivity contribution is 6.31. The van der Waals surface area contributed by atoms with E-state index in [1.807, 2.05) is 61.9 Å². The lowest BCUT2D eigenvalue weighted by molar-refractivity contribution is 0.0934. The number of rotatable bonds is 5. The van der Waals surface area contributed by atoms with E-state index in [2.05, 4.69) is 15.4 Å². The Hall–Kier alpha value is -3.12. The SMILES string of the molecule is Cc1nn(Cc2ccc(C(=O)NC(C)c3nc4ccccc4o3)cc2)c(C)c1Cl. The number of aryl methyl sites for hydroxylation is 1. The second kappa shape index (κ2) is 7.72. The van der Waals surface area contributed by atoms with Gasteiger partial charge in [0.15, 0.2) is 5.58 Å². The van der Waals surface area contributed by atoms with Crippen molar-refractivity contribution in [3.63, 3.8) is 0 Å². The summed E-state index contributed by atoms with van der Waals surface area (Å²) in [6.45, 7) is 6.28. The Labute approximate surface area is 173 Å². The van der Waals surface area contributed by atoms with Crippen LogP contribution in [0.3, 0.4) is 0 Å². The van der Waals surface area contributed by atoms with Gasteiger partial charge in [-0.3, -0.25) is 9.48 Å². The Kier molecular flexibility index (Phi) is 5.11. The van der Waals surface area contributed by atoms with Gasteiger partial charge in [-0.2, -0.15) is 5.10 Å². The molecule has 148 valence electrons. The first kappa shape index (κ1) is 19.2. The quantitative estimate of drug-likeness (QED) is 0.513. The maximum absolute atomic E-state index is 12.6. The molecule has 1 N–H and O–H groups in total. The smallest absolute Gasteiger partial charge is 0.251 e. The average Bonchev–Trinajstić information content (AvgIpc) is 3.26. The van der Waals surface area contributed by atoms with Crippen molar-refractivity contribution < 1.29 is 9.21 Å². The van der Waals surface area contributed by atoms with E-state index in [1.165, 1.54) is 0 Å². The average molecular weight is 409 g/mol. The summed E-state index contributed by atoms with van der Waals surface area (Å²) in [5, 5.41) is 8.06. The van der Waals surface area contributed by atoms with E-state index in [0.717, 1.165) is 22.5 Å². The Morgan fingerprint density at radius 1 is 1.17 bits per heavy atom. The van der Waals surface area contributed by atoms with Gasteiger partial charge >= 0.3 is 0 Å². The first-order valence-electron chi connectivity index (χ1n) is 9.37. The fourth-order valence-electron chi connectivity index (χ4n) is 3.18. The number of oxazole rings is 1. The van der Waals surface area contributed by atoms with E-state index in [9.17, 15) is 4.79 Å². The molecule has 1 amide bonds. The van der Waals surface area contributed by atoms with Crippen LogP contribution in [0.15, 0.2) is 52.9 Å². The number of nitrogens with zero attached hydrogens (tertiary/aromatic N) is 3. The Morgan fingerprint density at radius 3 is 2.55 bits per heavy atom. The van der Waals surface area contributed by atoms with Crippen molar-refractivity contribution in [3.05, 3.63) is 82.0 Å². The minimum atomic E-state index is -0.341. The van der Waals surface area contributed by atoms with Crippen molar-refractivity contribution in [3.8, 4) is 0 Å². The zero-order valence-electron chi connectivity index (χ0n) is 16.4. The van der Waals surface area contributed by atoms with Gasteiger partial charge < -0.3 is 9.73 Å². The topological polar surface area (TPSA) is 73.0 Å². The van der Waals surface area contributed by atoms with Gasteiger partial charge in [-0.1, -0.05) is 35.9 Å². The molecule has 2 aromatic carbocycles.